The molecule has 0 amide bonds. The molecule has 1 aliphatic rings. The molecule has 0 aromatic carbocycles. The van der Waals surface area contributed by atoms with E-state index in [-0.39, 0.29) is 0 Å². The number of nitrogens with one attached hydrogen (secondary N) is 1. The minimum Gasteiger partial charge on any atom is -0.336 e. The molecule has 1 aromatic heterocycles. The van der Waals surface area contributed by atoms with Gasteiger partial charge in [0, 0.05) is 25.8 Å². The third kappa shape index (κ3) is 1.90. The van der Waals surface area contributed by atoms with Crippen molar-refractivity contribution in [2.75, 3.05) is 24.5 Å². The van der Waals surface area contributed by atoms with Crippen LogP contribution < -0.4 is 10.2 Å². The topological polar surface area (TPSA) is 64.8 Å². The first-order valence-electron chi connectivity index (χ1n) is 5.05. The van der Waals surface area contributed by atoms with Gasteiger partial charge in [-0.15, -0.1) is 0 Å². The summed E-state index contributed by atoms with van der Waals surface area (Å²) >= 11 is 0. The Kier molecular flexibility index (Phi) is 2.79. The Morgan fingerprint density at radius 1 is 1.67 bits per heavy atom. The highest BCUT2D eigenvalue weighted by Crippen LogP contribution is 2.13. The highest BCUT2D eigenvalue weighted by Gasteiger charge is 2.25. The van der Waals surface area contributed by atoms with Crippen molar-refractivity contribution in [3.8, 4) is 6.07 Å². The lowest BCUT2D eigenvalue weighted by molar-refractivity contribution is 0.413. The Hall–Kier alpha value is -1.67. The molecule has 0 radical (unpaired) electrons. The summed E-state index contributed by atoms with van der Waals surface area (Å²) in [5.41, 5.74) is 0.422. The molecule has 2 heterocycles. The van der Waals surface area contributed by atoms with Gasteiger partial charge in [0.05, 0.1) is 6.04 Å². The van der Waals surface area contributed by atoms with E-state index in [2.05, 4.69) is 27.1 Å². The zero-order chi connectivity index (χ0) is 10.7. The lowest BCUT2D eigenvalue weighted by atomic mass is 10.1. The van der Waals surface area contributed by atoms with Gasteiger partial charge in [-0.25, -0.2) is 9.97 Å². The molecule has 1 fully saturated rings. The maximum atomic E-state index is 8.76. The highest BCUT2D eigenvalue weighted by atomic mass is 15.3. The van der Waals surface area contributed by atoms with Crippen molar-refractivity contribution in [1.29, 1.82) is 5.26 Å². The van der Waals surface area contributed by atoms with E-state index < -0.39 is 0 Å². The maximum absolute atomic E-state index is 8.76. The van der Waals surface area contributed by atoms with Crippen LogP contribution in [0.1, 0.15) is 12.6 Å². The zero-order valence-electron chi connectivity index (χ0n) is 8.64. The second kappa shape index (κ2) is 4.24. The van der Waals surface area contributed by atoms with E-state index >= 15 is 0 Å². The first-order chi connectivity index (χ1) is 7.35. The van der Waals surface area contributed by atoms with Crippen LogP contribution in [0, 0.1) is 11.3 Å². The van der Waals surface area contributed by atoms with Crippen LogP contribution in [-0.4, -0.2) is 35.6 Å². The number of nitriles is 1. The van der Waals surface area contributed by atoms with Gasteiger partial charge in [-0.3, -0.25) is 0 Å². The predicted molar refractivity (Wildman–Crippen MR) is 56.4 cm³/mol. The van der Waals surface area contributed by atoms with Crippen LogP contribution in [0.5, 0.6) is 0 Å². The second-order valence-corrected chi connectivity index (χ2v) is 3.45. The van der Waals surface area contributed by atoms with E-state index in [9.17, 15) is 0 Å². The van der Waals surface area contributed by atoms with Crippen LogP contribution in [0.4, 0.5) is 5.95 Å². The molecule has 0 atom stereocenters. The van der Waals surface area contributed by atoms with Gasteiger partial charge in [0.2, 0.25) is 5.95 Å². The summed E-state index contributed by atoms with van der Waals surface area (Å²) in [4.78, 5) is 10.5. The molecule has 0 spiro atoms. The van der Waals surface area contributed by atoms with Gasteiger partial charge in [0.1, 0.15) is 11.8 Å². The van der Waals surface area contributed by atoms with Gasteiger partial charge >= 0.3 is 0 Å². The van der Waals surface area contributed by atoms with Gasteiger partial charge < -0.3 is 10.2 Å². The summed E-state index contributed by atoms with van der Waals surface area (Å²) < 4.78 is 0. The standard InChI is InChI=1S/C10H13N5/c1-2-15(9-6-12-7-9)10-13-4-3-8(5-11)14-10/h3-4,9,12H,2,6-7H2,1H3. The second-order valence-electron chi connectivity index (χ2n) is 3.45. The van der Waals surface area contributed by atoms with Crippen molar-refractivity contribution in [2.45, 2.75) is 13.0 Å². The van der Waals surface area contributed by atoms with E-state index in [4.69, 9.17) is 5.26 Å². The molecule has 2 rings (SSSR count). The number of likely N-dealkylation sites (N-methyl/N-ethyl adjacent to an activating group) is 1. The summed E-state index contributed by atoms with van der Waals surface area (Å²) in [6.45, 7) is 4.86. The monoisotopic (exact) mass is 203 g/mol. The van der Waals surface area contributed by atoms with Crippen LogP contribution in [0.3, 0.4) is 0 Å². The van der Waals surface area contributed by atoms with Crippen molar-refractivity contribution >= 4 is 5.95 Å². The summed E-state index contributed by atoms with van der Waals surface area (Å²) in [6, 6.07) is 4.11. The molecule has 5 heteroatoms. The maximum Gasteiger partial charge on any atom is 0.226 e. The third-order valence-electron chi connectivity index (χ3n) is 2.56. The summed E-state index contributed by atoms with van der Waals surface area (Å²) in [6.07, 6.45) is 1.63. The summed E-state index contributed by atoms with van der Waals surface area (Å²) in [5, 5.41) is 12.0. The molecule has 15 heavy (non-hydrogen) atoms. The SMILES string of the molecule is CCN(c1nccc(C#N)n1)C1CNC1. The Labute approximate surface area is 88.8 Å². The number of anilines is 1. The molecule has 1 aliphatic heterocycles. The van der Waals surface area contributed by atoms with E-state index in [1.165, 1.54) is 0 Å². The molecule has 1 aromatic rings. The average molecular weight is 203 g/mol. The quantitative estimate of drug-likeness (QED) is 0.757. The van der Waals surface area contributed by atoms with Crippen molar-refractivity contribution in [3.05, 3.63) is 18.0 Å². The smallest absolute Gasteiger partial charge is 0.226 e. The molecule has 1 saturated heterocycles. The number of hydrogen-bond acceptors (Lipinski definition) is 5. The fraction of sp³-hybridized carbons (Fsp3) is 0.500. The van der Waals surface area contributed by atoms with Crippen LogP contribution in [0.15, 0.2) is 12.3 Å². The van der Waals surface area contributed by atoms with Gasteiger partial charge in [-0.05, 0) is 13.0 Å². The van der Waals surface area contributed by atoms with E-state index in [0.717, 1.165) is 19.6 Å². The van der Waals surface area contributed by atoms with Crippen molar-refractivity contribution < 1.29 is 0 Å². The largest absolute Gasteiger partial charge is 0.336 e. The van der Waals surface area contributed by atoms with Gasteiger partial charge in [0.15, 0.2) is 0 Å². The molecule has 0 saturated carbocycles. The Morgan fingerprint density at radius 2 is 2.47 bits per heavy atom. The number of hydrogen-bond donors (Lipinski definition) is 1. The van der Waals surface area contributed by atoms with Gasteiger partial charge in [0.25, 0.3) is 0 Å². The van der Waals surface area contributed by atoms with Crippen LogP contribution in [0.25, 0.3) is 0 Å². The average Bonchev–Trinajstić information content (AvgIpc) is 2.23. The number of rotatable bonds is 3. The van der Waals surface area contributed by atoms with Crippen LogP contribution in [0.2, 0.25) is 0 Å². The normalized spacial score (nSPS) is 15.5. The van der Waals surface area contributed by atoms with E-state index in [1.807, 2.05) is 6.07 Å². The van der Waals surface area contributed by atoms with E-state index in [1.54, 1.807) is 12.3 Å². The molecule has 0 aliphatic carbocycles. The van der Waals surface area contributed by atoms with Crippen molar-refractivity contribution in [1.82, 2.24) is 15.3 Å². The third-order valence-corrected chi connectivity index (χ3v) is 2.56. The first kappa shape index (κ1) is 9.87. The Morgan fingerprint density at radius 3 is 3.00 bits per heavy atom. The fourth-order valence-electron chi connectivity index (χ4n) is 1.61. The molecule has 78 valence electrons. The molecule has 0 unspecified atom stereocenters. The summed E-state index contributed by atoms with van der Waals surface area (Å²) in [5.74, 6) is 0.656. The Bertz CT molecular complexity index is 380. The lowest BCUT2D eigenvalue weighted by Gasteiger charge is -2.37. The van der Waals surface area contributed by atoms with Crippen molar-refractivity contribution in [3.63, 3.8) is 0 Å². The number of aromatic nitrogens is 2. The first-order valence-corrected chi connectivity index (χ1v) is 5.05. The molecular weight excluding hydrogens is 190 g/mol. The molecule has 5 nitrogen and oxygen atoms in total. The fourth-order valence-corrected chi connectivity index (χ4v) is 1.61. The molecule has 0 bridgehead atoms. The minimum absolute atomic E-state index is 0.422. The highest BCUT2D eigenvalue weighted by molar-refractivity contribution is 5.36. The minimum atomic E-state index is 0.422. The van der Waals surface area contributed by atoms with Crippen LogP contribution >= 0.6 is 0 Å². The zero-order valence-corrected chi connectivity index (χ0v) is 8.64. The number of nitrogens with zero attached hydrogens (tertiary/aromatic N) is 4. The van der Waals surface area contributed by atoms with Crippen molar-refractivity contribution in [2.24, 2.45) is 0 Å². The Balaban J connectivity index is 2.22. The molecular formula is C10H13N5. The predicted octanol–water partition coefficient (Wildman–Crippen LogP) is 0.146. The van der Waals surface area contributed by atoms with Gasteiger partial charge in [-0.1, -0.05) is 0 Å². The van der Waals surface area contributed by atoms with Crippen LogP contribution in [-0.2, 0) is 0 Å². The summed E-state index contributed by atoms with van der Waals surface area (Å²) in [7, 11) is 0. The van der Waals surface area contributed by atoms with Gasteiger partial charge in [-0.2, -0.15) is 5.26 Å². The molecule has 1 N–H and O–H groups in total. The lowest BCUT2D eigenvalue weighted by Crippen LogP contribution is -2.57. The van der Waals surface area contributed by atoms with E-state index in [0.29, 0.717) is 17.7 Å².